The first-order chi connectivity index (χ1) is 11.1. The Hall–Kier alpha value is -2.54. The van der Waals surface area contributed by atoms with Gasteiger partial charge in [-0.05, 0) is 59.3 Å². The molecule has 116 valence electrons. The molecule has 0 spiro atoms. The number of carbonyl (C=O) groups excluding carboxylic acids is 1. The summed E-state index contributed by atoms with van der Waals surface area (Å²) < 4.78 is 2.55. The summed E-state index contributed by atoms with van der Waals surface area (Å²) in [4.78, 5) is 12.3. The van der Waals surface area contributed by atoms with Gasteiger partial charge in [-0.3, -0.25) is 4.79 Å². The highest BCUT2D eigenvalue weighted by molar-refractivity contribution is 9.10. The average Bonchev–Trinajstić information content (AvgIpc) is 3.10. The molecule has 23 heavy (non-hydrogen) atoms. The number of nitrogens with one attached hydrogen (secondary N) is 1. The van der Waals surface area contributed by atoms with Crippen molar-refractivity contribution in [3.05, 3.63) is 70.5 Å². The molecule has 0 fully saturated rings. The molecule has 0 saturated carbocycles. The number of hydrogen-bond acceptors (Lipinski definition) is 4. The summed E-state index contributed by atoms with van der Waals surface area (Å²) in [6, 6.07) is 14.9. The van der Waals surface area contributed by atoms with Crippen molar-refractivity contribution >= 4 is 21.8 Å². The number of amides is 1. The predicted octanol–water partition coefficient (Wildman–Crippen LogP) is 2.92. The largest absolute Gasteiger partial charge is 0.346 e. The number of benzene rings is 2. The van der Waals surface area contributed by atoms with E-state index < -0.39 is 0 Å². The zero-order chi connectivity index (χ0) is 16.2. The molecule has 0 unspecified atom stereocenters. The van der Waals surface area contributed by atoms with Crippen molar-refractivity contribution in [2.24, 2.45) is 0 Å². The number of tetrazole rings is 1. The Morgan fingerprint density at radius 2 is 1.83 bits per heavy atom. The molecule has 3 rings (SSSR count). The van der Waals surface area contributed by atoms with Gasteiger partial charge >= 0.3 is 0 Å². The van der Waals surface area contributed by atoms with Crippen LogP contribution in [0.5, 0.6) is 0 Å². The van der Waals surface area contributed by atoms with Gasteiger partial charge in [0.1, 0.15) is 6.33 Å². The second kappa shape index (κ2) is 6.70. The third kappa shape index (κ3) is 3.62. The standard InChI is InChI=1S/C16H14BrN5O/c1-11(12-2-6-14(17)7-3-12)19-16(23)13-4-8-15(9-5-13)22-10-18-20-21-22/h2-11H,1H3,(H,19,23)/t11-/m1/s1. The number of rotatable bonds is 4. The van der Waals surface area contributed by atoms with Gasteiger partial charge in [-0.2, -0.15) is 0 Å². The van der Waals surface area contributed by atoms with E-state index in [-0.39, 0.29) is 11.9 Å². The quantitative estimate of drug-likeness (QED) is 0.765. The maximum absolute atomic E-state index is 12.3. The smallest absolute Gasteiger partial charge is 0.251 e. The highest BCUT2D eigenvalue weighted by atomic mass is 79.9. The molecular weight excluding hydrogens is 358 g/mol. The van der Waals surface area contributed by atoms with E-state index in [1.54, 1.807) is 24.3 Å². The Morgan fingerprint density at radius 3 is 2.43 bits per heavy atom. The number of halogens is 1. The molecule has 1 N–H and O–H groups in total. The minimum Gasteiger partial charge on any atom is -0.346 e. The molecule has 0 aliphatic rings. The fourth-order valence-electron chi connectivity index (χ4n) is 2.16. The molecule has 0 saturated heterocycles. The van der Waals surface area contributed by atoms with Crippen molar-refractivity contribution in [3.8, 4) is 5.69 Å². The monoisotopic (exact) mass is 371 g/mol. The summed E-state index contributed by atoms with van der Waals surface area (Å²) in [6.07, 6.45) is 1.50. The van der Waals surface area contributed by atoms with E-state index in [1.807, 2.05) is 31.2 Å². The van der Waals surface area contributed by atoms with Crippen LogP contribution in [0.1, 0.15) is 28.9 Å². The molecule has 2 aromatic carbocycles. The van der Waals surface area contributed by atoms with E-state index in [9.17, 15) is 4.79 Å². The lowest BCUT2D eigenvalue weighted by atomic mass is 10.1. The van der Waals surface area contributed by atoms with Gasteiger partial charge in [-0.25, -0.2) is 4.68 Å². The van der Waals surface area contributed by atoms with Crippen LogP contribution in [0.2, 0.25) is 0 Å². The van der Waals surface area contributed by atoms with E-state index in [2.05, 4.69) is 36.8 Å². The topological polar surface area (TPSA) is 72.7 Å². The van der Waals surface area contributed by atoms with Gasteiger partial charge in [0.15, 0.2) is 0 Å². The van der Waals surface area contributed by atoms with Gasteiger partial charge in [0, 0.05) is 10.0 Å². The molecule has 3 aromatic rings. The molecule has 1 heterocycles. The summed E-state index contributed by atoms with van der Waals surface area (Å²) in [7, 11) is 0. The summed E-state index contributed by atoms with van der Waals surface area (Å²) in [6.45, 7) is 1.95. The van der Waals surface area contributed by atoms with Crippen molar-refractivity contribution in [2.75, 3.05) is 0 Å². The first-order valence-corrected chi connectivity index (χ1v) is 7.82. The maximum Gasteiger partial charge on any atom is 0.251 e. The summed E-state index contributed by atoms with van der Waals surface area (Å²) in [5.74, 6) is -0.122. The van der Waals surface area contributed by atoms with Crippen LogP contribution in [0.25, 0.3) is 5.69 Å². The lowest BCUT2D eigenvalue weighted by molar-refractivity contribution is 0.0940. The maximum atomic E-state index is 12.3. The lowest BCUT2D eigenvalue weighted by Crippen LogP contribution is -2.26. The molecule has 7 heteroatoms. The number of aromatic nitrogens is 4. The Balaban J connectivity index is 1.69. The lowest BCUT2D eigenvalue weighted by Gasteiger charge is -2.14. The molecule has 1 amide bonds. The van der Waals surface area contributed by atoms with Crippen molar-refractivity contribution in [1.29, 1.82) is 0 Å². The Morgan fingerprint density at radius 1 is 1.13 bits per heavy atom. The van der Waals surface area contributed by atoms with Crippen LogP contribution in [0.4, 0.5) is 0 Å². The first-order valence-electron chi connectivity index (χ1n) is 7.03. The van der Waals surface area contributed by atoms with Gasteiger partial charge in [-0.1, -0.05) is 28.1 Å². The van der Waals surface area contributed by atoms with E-state index in [1.165, 1.54) is 11.0 Å². The first kappa shape index (κ1) is 15.4. The minimum atomic E-state index is -0.122. The summed E-state index contributed by atoms with van der Waals surface area (Å²) in [5.41, 5.74) is 2.44. The minimum absolute atomic E-state index is 0.0743. The Labute approximate surface area is 141 Å². The average molecular weight is 372 g/mol. The highest BCUT2D eigenvalue weighted by Gasteiger charge is 2.11. The third-order valence-electron chi connectivity index (χ3n) is 3.46. The van der Waals surface area contributed by atoms with E-state index in [4.69, 9.17) is 0 Å². The molecule has 1 aromatic heterocycles. The highest BCUT2D eigenvalue weighted by Crippen LogP contribution is 2.17. The number of nitrogens with zero attached hydrogens (tertiary/aromatic N) is 4. The fourth-order valence-corrected chi connectivity index (χ4v) is 2.42. The van der Waals surface area contributed by atoms with Crippen molar-refractivity contribution in [3.63, 3.8) is 0 Å². The molecule has 0 radical (unpaired) electrons. The molecule has 6 nitrogen and oxygen atoms in total. The Bertz CT molecular complexity index is 784. The van der Waals surface area contributed by atoms with E-state index in [0.29, 0.717) is 5.56 Å². The molecule has 0 aliphatic heterocycles. The van der Waals surface area contributed by atoms with Crippen molar-refractivity contribution < 1.29 is 4.79 Å². The van der Waals surface area contributed by atoms with Crippen molar-refractivity contribution in [2.45, 2.75) is 13.0 Å². The SMILES string of the molecule is C[C@@H](NC(=O)c1ccc(-n2cnnn2)cc1)c1ccc(Br)cc1. The molecular formula is C16H14BrN5O. The van der Waals surface area contributed by atoms with Gasteiger partial charge in [0.05, 0.1) is 11.7 Å². The summed E-state index contributed by atoms with van der Waals surface area (Å²) >= 11 is 3.40. The van der Waals surface area contributed by atoms with Gasteiger partial charge < -0.3 is 5.32 Å². The van der Waals surface area contributed by atoms with Crippen LogP contribution in [0.15, 0.2) is 59.3 Å². The molecule has 0 aliphatic carbocycles. The van der Waals surface area contributed by atoms with Crippen LogP contribution in [0, 0.1) is 0 Å². The van der Waals surface area contributed by atoms with Gasteiger partial charge in [0.2, 0.25) is 0 Å². The van der Waals surface area contributed by atoms with Gasteiger partial charge in [0.25, 0.3) is 5.91 Å². The van der Waals surface area contributed by atoms with Crippen LogP contribution in [0.3, 0.4) is 0 Å². The zero-order valence-corrected chi connectivity index (χ0v) is 13.9. The van der Waals surface area contributed by atoms with Crippen LogP contribution in [-0.4, -0.2) is 26.1 Å². The van der Waals surface area contributed by atoms with Gasteiger partial charge in [-0.15, -0.1) is 5.10 Å². The normalized spacial score (nSPS) is 11.9. The van der Waals surface area contributed by atoms with E-state index >= 15 is 0 Å². The molecule has 0 bridgehead atoms. The molecule has 1 atom stereocenters. The predicted molar refractivity (Wildman–Crippen MR) is 89.2 cm³/mol. The zero-order valence-electron chi connectivity index (χ0n) is 12.3. The number of hydrogen-bond donors (Lipinski definition) is 1. The Kier molecular flexibility index (Phi) is 4.47. The third-order valence-corrected chi connectivity index (χ3v) is 3.99. The van der Waals surface area contributed by atoms with Crippen LogP contribution < -0.4 is 5.32 Å². The van der Waals surface area contributed by atoms with E-state index in [0.717, 1.165) is 15.7 Å². The number of carbonyl (C=O) groups is 1. The second-order valence-corrected chi connectivity index (χ2v) is 5.96. The second-order valence-electron chi connectivity index (χ2n) is 5.05. The van der Waals surface area contributed by atoms with Crippen LogP contribution >= 0.6 is 15.9 Å². The van der Waals surface area contributed by atoms with Crippen molar-refractivity contribution in [1.82, 2.24) is 25.5 Å². The summed E-state index contributed by atoms with van der Waals surface area (Å²) in [5, 5.41) is 14.0. The van der Waals surface area contributed by atoms with Crippen LogP contribution in [-0.2, 0) is 0 Å². The fraction of sp³-hybridized carbons (Fsp3) is 0.125.